The molecule has 0 fully saturated rings. The van der Waals surface area contributed by atoms with Gasteiger partial charge in [-0.1, -0.05) is 145 Å². The Morgan fingerprint density at radius 1 is 0.356 bits per heavy atom. The number of para-hydroxylation sites is 3. The van der Waals surface area contributed by atoms with Gasteiger partial charge in [0.2, 0.25) is 0 Å². The molecular weight excluding hydrogens is 888 g/mol. The molecule has 3 aliphatic heterocycles. The van der Waals surface area contributed by atoms with Crippen molar-refractivity contribution in [3.8, 4) is 11.5 Å². The van der Waals surface area contributed by atoms with E-state index in [1.165, 1.54) is 49.9 Å². The molecule has 13 rings (SSSR count). The first-order valence-corrected chi connectivity index (χ1v) is 25.4. The second-order valence-electron chi connectivity index (χ2n) is 20.6. The molecule has 0 radical (unpaired) electrons. The molecule has 10 aromatic carbocycles. The second kappa shape index (κ2) is 17.2. The molecule has 352 valence electrons. The molecule has 0 saturated heterocycles. The number of anilines is 12. The highest BCUT2D eigenvalue weighted by Gasteiger charge is 2.44. The van der Waals surface area contributed by atoms with Gasteiger partial charge in [-0.2, -0.15) is 0 Å². The molecule has 3 heterocycles. The molecule has 3 aliphatic rings. The predicted molar refractivity (Wildman–Crippen MR) is 307 cm³/mol. The SMILES string of the molecule is Cc1ccc(N(c2ccc(C)cc2)c2cc3c4c(c2)N(c2ccccc2)c2cc(N(c5ccccc5)c5ccc6c(c5)C(C)(C)c5ccccc5O6)ccc2B4c2cc(C)ccc2N3c2ccc(C)cc2)cc1. The second-order valence-corrected chi connectivity index (χ2v) is 20.6. The number of aryl methyl sites for hydroxylation is 4. The van der Waals surface area contributed by atoms with Gasteiger partial charge in [-0.15, -0.1) is 0 Å². The fourth-order valence-electron chi connectivity index (χ4n) is 11.6. The van der Waals surface area contributed by atoms with Crippen LogP contribution >= 0.6 is 0 Å². The Balaban J connectivity index is 1.09. The van der Waals surface area contributed by atoms with E-state index in [1.807, 2.05) is 0 Å². The van der Waals surface area contributed by atoms with Crippen LogP contribution in [0.5, 0.6) is 11.5 Å². The molecule has 10 aromatic rings. The summed E-state index contributed by atoms with van der Waals surface area (Å²) in [6, 6.07) is 82.8. The zero-order chi connectivity index (χ0) is 49.5. The lowest BCUT2D eigenvalue weighted by Crippen LogP contribution is -2.61. The van der Waals surface area contributed by atoms with E-state index in [9.17, 15) is 0 Å². The Bertz CT molecular complexity index is 3700. The number of hydrogen-bond donors (Lipinski definition) is 0. The normalized spacial score (nSPS) is 13.5. The number of benzene rings is 10. The van der Waals surface area contributed by atoms with Crippen molar-refractivity contribution < 1.29 is 4.74 Å². The minimum atomic E-state index is -0.286. The van der Waals surface area contributed by atoms with Crippen molar-refractivity contribution in [3.05, 3.63) is 258 Å². The smallest absolute Gasteiger partial charge is 0.252 e. The average molecular weight is 943 g/mol. The topological polar surface area (TPSA) is 22.2 Å². The number of hydrogen-bond acceptors (Lipinski definition) is 5. The maximum absolute atomic E-state index is 6.61. The molecular formula is C67H55BN4O. The standard InChI is InChI=1S/C67H55BN4O/c1-44-21-28-50(29-22-44)69(51-30-23-45(2)24-31-51)55-42-62-66-63(43-55)72(49-17-11-8-12-18-49)61-41-54(34-36-58(61)68(66)59-39-47(4)27-37-60(59)71(62)52-32-25-46(3)26-33-52)70(48-15-9-7-10-16-48)53-35-38-65-57(40-53)67(5,6)56-19-13-14-20-64(56)73-65/h7-43H,1-6H3. The third-order valence-electron chi connectivity index (χ3n) is 15.3. The fourth-order valence-corrected chi connectivity index (χ4v) is 11.6. The Labute approximate surface area is 429 Å². The van der Waals surface area contributed by atoms with E-state index in [0.29, 0.717) is 0 Å². The Morgan fingerprint density at radius 2 is 0.836 bits per heavy atom. The van der Waals surface area contributed by atoms with Crippen LogP contribution in [0.15, 0.2) is 224 Å². The molecule has 0 atom stereocenters. The molecule has 6 heteroatoms. The van der Waals surface area contributed by atoms with E-state index in [4.69, 9.17) is 4.74 Å². The third kappa shape index (κ3) is 7.39. The molecule has 0 aliphatic carbocycles. The van der Waals surface area contributed by atoms with Crippen molar-refractivity contribution in [1.29, 1.82) is 0 Å². The highest BCUT2D eigenvalue weighted by atomic mass is 16.5. The van der Waals surface area contributed by atoms with Crippen LogP contribution in [0.4, 0.5) is 68.2 Å². The van der Waals surface area contributed by atoms with Gasteiger partial charge in [0.1, 0.15) is 11.5 Å². The van der Waals surface area contributed by atoms with Crippen LogP contribution in [0.1, 0.15) is 47.2 Å². The number of ether oxygens (including phenoxy) is 1. The monoisotopic (exact) mass is 942 g/mol. The van der Waals surface area contributed by atoms with Crippen LogP contribution in [0, 0.1) is 27.7 Å². The summed E-state index contributed by atoms with van der Waals surface area (Å²) in [6.07, 6.45) is 0. The summed E-state index contributed by atoms with van der Waals surface area (Å²) in [4.78, 5) is 9.87. The van der Waals surface area contributed by atoms with Crippen LogP contribution in [0.3, 0.4) is 0 Å². The van der Waals surface area contributed by atoms with Crippen LogP contribution in [0.25, 0.3) is 0 Å². The van der Waals surface area contributed by atoms with Gasteiger partial charge >= 0.3 is 0 Å². The Morgan fingerprint density at radius 3 is 1.51 bits per heavy atom. The van der Waals surface area contributed by atoms with Crippen molar-refractivity contribution in [3.63, 3.8) is 0 Å². The van der Waals surface area contributed by atoms with Gasteiger partial charge in [-0.3, -0.25) is 0 Å². The Hall–Kier alpha value is -8.74. The first kappa shape index (κ1) is 44.2. The average Bonchev–Trinajstić information content (AvgIpc) is 3.41. The summed E-state index contributed by atoms with van der Waals surface area (Å²) in [5.41, 5.74) is 24.0. The number of nitrogens with zero attached hydrogens (tertiary/aromatic N) is 4. The van der Waals surface area contributed by atoms with Gasteiger partial charge < -0.3 is 24.3 Å². The van der Waals surface area contributed by atoms with Crippen LogP contribution in [-0.4, -0.2) is 6.71 Å². The summed E-state index contributed by atoms with van der Waals surface area (Å²) < 4.78 is 6.61. The van der Waals surface area contributed by atoms with Gasteiger partial charge in [0.15, 0.2) is 0 Å². The van der Waals surface area contributed by atoms with E-state index in [-0.39, 0.29) is 12.1 Å². The van der Waals surface area contributed by atoms with Crippen molar-refractivity contribution in [2.24, 2.45) is 0 Å². The molecule has 0 N–H and O–H groups in total. The van der Waals surface area contributed by atoms with E-state index in [2.05, 4.69) is 286 Å². The van der Waals surface area contributed by atoms with Gasteiger partial charge in [0.05, 0.1) is 5.69 Å². The minimum absolute atomic E-state index is 0.0706. The van der Waals surface area contributed by atoms with E-state index < -0.39 is 0 Å². The van der Waals surface area contributed by atoms with Crippen LogP contribution < -0.4 is 40.7 Å². The molecule has 73 heavy (non-hydrogen) atoms. The van der Waals surface area contributed by atoms with Gasteiger partial charge in [-0.25, -0.2) is 0 Å². The van der Waals surface area contributed by atoms with Crippen molar-refractivity contribution in [2.45, 2.75) is 47.0 Å². The Kier molecular flexibility index (Phi) is 10.4. The fraction of sp³-hybridized carbons (Fsp3) is 0.104. The summed E-state index contributed by atoms with van der Waals surface area (Å²) in [5.74, 6) is 1.80. The summed E-state index contributed by atoms with van der Waals surface area (Å²) in [6.45, 7) is 13.2. The maximum atomic E-state index is 6.61. The van der Waals surface area contributed by atoms with Gasteiger partial charge in [0.25, 0.3) is 6.71 Å². The number of rotatable bonds is 8. The quantitative estimate of drug-likeness (QED) is 0.141. The zero-order valence-electron chi connectivity index (χ0n) is 42.1. The lowest BCUT2D eigenvalue weighted by atomic mass is 9.33. The molecule has 0 bridgehead atoms. The molecule has 0 saturated carbocycles. The molecule has 0 unspecified atom stereocenters. The lowest BCUT2D eigenvalue weighted by molar-refractivity contribution is 0.418. The van der Waals surface area contributed by atoms with Crippen molar-refractivity contribution in [2.75, 3.05) is 19.6 Å². The highest BCUT2D eigenvalue weighted by molar-refractivity contribution is 7.00. The summed E-state index contributed by atoms with van der Waals surface area (Å²) in [5, 5.41) is 0. The van der Waals surface area contributed by atoms with Gasteiger partial charge in [-0.05, 0) is 159 Å². The predicted octanol–water partition coefficient (Wildman–Crippen LogP) is 16.4. The van der Waals surface area contributed by atoms with Crippen molar-refractivity contribution >= 4 is 91.3 Å². The van der Waals surface area contributed by atoms with E-state index >= 15 is 0 Å². The highest BCUT2D eigenvalue weighted by Crippen LogP contribution is 2.52. The van der Waals surface area contributed by atoms with E-state index in [1.54, 1.807) is 0 Å². The maximum Gasteiger partial charge on any atom is 0.252 e. The van der Waals surface area contributed by atoms with Crippen molar-refractivity contribution in [1.82, 2.24) is 0 Å². The number of fused-ring (bicyclic) bond motifs is 6. The minimum Gasteiger partial charge on any atom is -0.457 e. The first-order valence-electron chi connectivity index (χ1n) is 25.4. The third-order valence-corrected chi connectivity index (χ3v) is 15.3. The van der Waals surface area contributed by atoms with Gasteiger partial charge in [0, 0.05) is 79.1 Å². The lowest BCUT2D eigenvalue weighted by Gasteiger charge is -2.45. The summed E-state index contributed by atoms with van der Waals surface area (Å²) >= 11 is 0. The molecule has 0 aromatic heterocycles. The largest absolute Gasteiger partial charge is 0.457 e. The molecule has 0 spiro atoms. The van der Waals surface area contributed by atoms with E-state index in [0.717, 1.165) is 79.6 Å². The van der Waals surface area contributed by atoms with Crippen LogP contribution in [0.2, 0.25) is 0 Å². The summed E-state index contributed by atoms with van der Waals surface area (Å²) in [7, 11) is 0. The molecule has 0 amide bonds. The molecule has 5 nitrogen and oxygen atoms in total. The zero-order valence-corrected chi connectivity index (χ0v) is 42.1. The van der Waals surface area contributed by atoms with Crippen LogP contribution in [-0.2, 0) is 5.41 Å². The first-order chi connectivity index (χ1) is 35.6.